The summed E-state index contributed by atoms with van der Waals surface area (Å²) in [7, 11) is 0. The third-order valence-corrected chi connectivity index (χ3v) is 2.69. The lowest BCUT2D eigenvalue weighted by atomic mass is 10.1. The molecule has 0 saturated carbocycles. The van der Waals surface area contributed by atoms with Crippen LogP contribution in [-0.4, -0.2) is 6.61 Å². The Hall–Kier alpha value is -1.18. The van der Waals surface area contributed by atoms with E-state index in [0.29, 0.717) is 6.61 Å². The second-order valence-corrected chi connectivity index (χ2v) is 3.97. The minimum absolute atomic E-state index is 0.673. The van der Waals surface area contributed by atoms with Gasteiger partial charge in [-0.2, -0.15) is 0 Å². The molecule has 2 aliphatic rings. The maximum absolute atomic E-state index is 5.74. The molecular formula is C13H18O2. The van der Waals surface area contributed by atoms with E-state index in [0.717, 1.165) is 24.5 Å². The maximum Gasteiger partial charge on any atom is 0.129 e. The summed E-state index contributed by atoms with van der Waals surface area (Å²) in [6.07, 6.45) is 4.99. The predicted octanol–water partition coefficient (Wildman–Crippen LogP) is 3.54. The van der Waals surface area contributed by atoms with Gasteiger partial charge in [-0.3, -0.25) is 0 Å². The highest BCUT2D eigenvalue weighted by atomic mass is 16.5. The van der Waals surface area contributed by atoms with Gasteiger partial charge in [0, 0.05) is 11.6 Å². The standard InChI is InChI=1S/C13H18O2/c1-2-3-4-5-8-14-13-9-12-7-6-11(13)10-15-12/h6-7,9H,2-5,8,10H2,1H3. The molecule has 1 aromatic carbocycles. The van der Waals surface area contributed by atoms with Crippen molar-refractivity contribution in [3.8, 4) is 11.5 Å². The molecule has 2 heterocycles. The number of ether oxygens (including phenoxy) is 2. The monoisotopic (exact) mass is 206 g/mol. The molecule has 3 rings (SSSR count). The predicted molar refractivity (Wildman–Crippen MR) is 60.4 cm³/mol. The molecule has 0 amide bonds. The van der Waals surface area contributed by atoms with Crippen LogP contribution in [0.4, 0.5) is 0 Å². The zero-order valence-corrected chi connectivity index (χ0v) is 9.29. The molecule has 0 spiro atoms. The third-order valence-electron chi connectivity index (χ3n) is 2.69. The Morgan fingerprint density at radius 3 is 2.80 bits per heavy atom. The van der Waals surface area contributed by atoms with Gasteiger partial charge in [0.05, 0.1) is 6.61 Å². The molecule has 2 nitrogen and oxygen atoms in total. The van der Waals surface area contributed by atoms with Gasteiger partial charge in [0.15, 0.2) is 0 Å². The van der Waals surface area contributed by atoms with Gasteiger partial charge in [-0.05, 0) is 18.6 Å². The summed E-state index contributed by atoms with van der Waals surface area (Å²) in [4.78, 5) is 0. The lowest BCUT2D eigenvalue weighted by Crippen LogP contribution is -2.07. The van der Waals surface area contributed by atoms with Crippen molar-refractivity contribution in [2.45, 2.75) is 39.2 Å². The first kappa shape index (κ1) is 10.3. The van der Waals surface area contributed by atoms with Gasteiger partial charge >= 0.3 is 0 Å². The van der Waals surface area contributed by atoms with Crippen LogP contribution in [0.25, 0.3) is 0 Å². The van der Waals surface area contributed by atoms with E-state index in [1.54, 1.807) is 0 Å². The minimum Gasteiger partial charge on any atom is -0.493 e. The molecule has 0 atom stereocenters. The summed E-state index contributed by atoms with van der Waals surface area (Å²) in [5, 5.41) is 0. The van der Waals surface area contributed by atoms with Crippen LogP contribution in [-0.2, 0) is 6.61 Å². The van der Waals surface area contributed by atoms with Crippen molar-refractivity contribution >= 4 is 0 Å². The highest BCUT2D eigenvalue weighted by Gasteiger charge is 2.12. The first-order valence-electron chi connectivity index (χ1n) is 5.78. The van der Waals surface area contributed by atoms with E-state index in [1.807, 2.05) is 12.1 Å². The van der Waals surface area contributed by atoms with E-state index in [-0.39, 0.29) is 0 Å². The number of rotatable bonds is 6. The molecular weight excluding hydrogens is 188 g/mol. The van der Waals surface area contributed by atoms with Gasteiger partial charge in [-0.25, -0.2) is 0 Å². The normalized spacial score (nSPS) is 12.6. The molecule has 0 fully saturated rings. The second kappa shape index (κ2) is 5.06. The van der Waals surface area contributed by atoms with E-state index in [2.05, 4.69) is 13.0 Å². The Labute approximate surface area is 91.2 Å². The molecule has 0 aliphatic carbocycles. The molecule has 2 aliphatic heterocycles. The lowest BCUT2D eigenvalue weighted by Gasteiger charge is -2.18. The van der Waals surface area contributed by atoms with E-state index >= 15 is 0 Å². The van der Waals surface area contributed by atoms with E-state index < -0.39 is 0 Å². The minimum atomic E-state index is 0.673. The van der Waals surface area contributed by atoms with Gasteiger partial charge in [-0.15, -0.1) is 0 Å². The molecule has 0 radical (unpaired) electrons. The topological polar surface area (TPSA) is 18.5 Å². The van der Waals surface area contributed by atoms with Crippen LogP contribution >= 0.6 is 0 Å². The molecule has 2 heteroatoms. The quantitative estimate of drug-likeness (QED) is 0.663. The molecule has 82 valence electrons. The van der Waals surface area contributed by atoms with Crippen molar-refractivity contribution < 1.29 is 9.47 Å². The smallest absolute Gasteiger partial charge is 0.129 e. The number of fused-ring (bicyclic) bond motifs is 3. The molecule has 2 bridgehead atoms. The van der Waals surface area contributed by atoms with Crippen LogP contribution in [0.5, 0.6) is 11.5 Å². The summed E-state index contributed by atoms with van der Waals surface area (Å²) in [6, 6.07) is 6.06. The Morgan fingerprint density at radius 2 is 2.20 bits per heavy atom. The number of unbranched alkanes of at least 4 members (excludes halogenated alkanes) is 3. The fraction of sp³-hybridized carbons (Fsp3) is 0.538. The third kappa shape index (κ3) is 2.65. The van der Waals surface area contributed by atoms with Crippen LogP contribution < -0.4 is 9.47 Å². The van der Waals surface area contributed by atoms with Crippen LogP contribution in [0.3, 0.4) is 0 Å². The summed E-state index contributed by atoms with van der Waals surface area (Å²) in [5.41, 5.74) is 1.17. The van der Waals surface area contributed by atoms with Crippen LogP contribution in [0.15, 0.2) is 18.2 Å². The summed E-state index contributed by atoms with van der Waals surface area (Å²) >= 11 is 0. The highest BCUT2D eigenvalue weighted by molar-refractivity contribution is 5.43. The maximum atomic E-state index is 5.74. The zero-order valence-electron chi connectivity index (χ0n) is 9.29. The van der Waals surface area contributed by atoms with Gasteiger partial charge in [0.1, 0.15) is 18.1 Å². The van der Waals surface area contributed by atoms with Crippen molar-refractivity contribution in [1.82, 2.24) is 0 Å². The van der Waals surface area contributed by atoms with Crippen LogP contribution in [0.1, 0.15) is 38.2 Å². The Morgan fingerprint density at radius 1 is 1.27 bits per heavy atom. The van der Waals surface area contributed by atoms with Gasteiger partial charge < -0.3 is 9.47 Å². The fourth-order valence-corrected chi connectivity index (χ4v) is 1.75. The van der Waals surface area contributed by atoms with Crippen molar-refractivity contribution in [1.29, 1.82) is 0 Å². The summed E-state index contributed by atoms with van der Waals surface area (Å²) in [5.74, 6) is 1.93. The number of hydrogen-bond acceptors (Lipinski definition) is 2. The second-order valence-electron chi connectivity index (χ2n) is 3.97. The first-order valence-corrected chi connectivity index (χ1v) is 5.78. The molecule has 1 aromatic rings. The first-order chi connectivity index (χ1) is 7.40. The van der Waals surface area contributed by atoms with E-state index in [9.17, 15) is 0 Å². The Bertz CT molecular complexity index is 320. The Balaban J connectivity index is 1.77. The van der Waals surface area contributed by atoms with E-state index in [1.165, 1.54) is 24.8 Å². The van der Waals surface area contributed by atoms with Gasteiger partial charge in [0.25, 0.3) is 0 Å². The van der Waals surface area contributed by atoms with Crippen molar-refractivity contribution in [2.75, 3.05) is 6.61 Å². The number of benzene rings is 1. The van der Waals surface area contributed by atoms with E-state index in [4.69, 9.17) is 9.47 Å². The van der Waals surface area contributed by atoms with Crippen molar-refractivity contribution in [3.63, 3.8) is 0 Å². The fourth-order valence-electron chi connectivity index (χ4n) is 1.75. The van der Waals surface area contributed by atoms with Crippen molar-refractivity contribution in [3.05, 3.63) is 23.8 Å². The van der Waals surface area contributed by atoms with Gasteiger partial charge in [-0.1, -0.05) is 26.2 Å². The zero-order chi connectivity index (χ0) is 10.5. The van der Waals surface area contributed by atoms with Crippen LogP contribution in [0.2, 0.25) is 0 Å². The molecule has 15 heavy (non-hydrogen) atoms. The largest absolute Gasteiger partial charge is 0.493 e. The molecule has 0 aromatic heterocycles. The number of hydrogen-bond donors (Lipinski definition) is 0. The van der Waals surface area contributed by atoms with Crippen LogP contribution in [0, 0.1) is 0 Å². The average Bonchev–Trinajstić information content (AvgIpc) is 2.30. The summed E-state index contributed by atoms with van der Waals surface area (Å²) in [6.45, 7) is 3.72. The van der Waals surface area contributed by atoms with Crippen molar-refractivity contribution in [2.24, 2.45) is 0 Å². The lowest BCUT2D eigenvalue weighted by molar-refractivity contribution is 0.255. The molecule has 0 N–H and O–H groups in total. The Kier molecular flexibility index (Phi) is 3.49. The summed E-state index contributed by atoms with van der Waals surface area (Å²) < 4.78 is 11.1. The molecule has 0 unspecified atom stereocenters. The highest BCUT2D eigenvalue weighted by Crippen LogP contribution is 2.31. The molecule has 0 saturated heterocycles. The average molecular weight is 206 g/mol. The van der Waals surface area contributed by atoms with Gasteiger partial charge in [0.2, 0.25) is 0 Å². The SMILES string of the molecule is CCCCCCOc1cc2ccc1CO2.